The van der Waals surface area contributed by atoms with E-state index in [9.17, 15) is 24.0 Å². The average molecular weight is 952 g/mol. The van der Waals surface area contributed by atoms with Gasteiger partial charge in [-0.05, 0) is 81.4 Å². The highest BCUT2D eigenvalue weighted by Gasteiger charge is 2.55. The third-order valence-corrected chi connectivity index (χ3v) is 14.6. The number of aryl methyl sites for hydroxylation is 1. The van der Waals surface area contributed by atoms with Crippen molar-refractivity contribution in [3.05, 3.63) is 70.8 Å². The number of hydrazine groups is 1. The number of rotatable bonds is 9. The van der Waals surface area contributed by atoms with Gasteiger partial charge in [0.25, 0.3) is 5.91 Å². The number of hydrogen-bond acceptors (Lipinski definition) is 12. The molecule has 4 aliphatic rings. The maximum absolute atomic E-state index is 14.7. The van der Waals surface area contributed by atoms with Gasteiger partial charge in [0.05, 0.1) is 54.5 Å². The molecule has 4 aliphatic heterocycles. The van der Waals surface area contributed by atoms with Gasteiger partial charge in [0.2, 0.25) is 11.8 Å². The lowest BCUT2D eigenvalue weighted by Crippen LogP contribution is -2.76. The molecule has 6 bridgehead atoms. The first-order valence-corrected chi connectivity index (χ1v) is 24.6. The second-order valence-electron chi connectivity index (χ2n) is 19.6. The number of ether oxygens (including phenoxy) is 3. The van der Waals surface area contributed by atoms with E-state index in [0.717, 1.165) is 44.7 Å². The number of likely N-dealkylation sites (N-methyl/N-ethyl adjacent to an activating group) is 1. The number of amides is 5. The number of cyclic esters (lactones) is 1. The second kappa shape index (κ2) is 19.7. The van der Waals surface area contributed by atoms with Gasteiger partial charge in [-0.3, -0.25) is 34.1 Å². The zero-order valence-corrected chi connectivity index (χ0v) is 41.3. The van der Waals surface area contributed by atoms with Crippen molar-refractivity contribution in [1.29, 1.82) is 0 Å². The summed E-state index contributed by atoms with van der Waals surface area (Å²) in [6.07, 6.45) is 4.97. The molecule has 17 nitrogen and oxygen atoms in total. The predicted molar refractivity (Wildman–Crippen MR) is 258 cm³/mol. The van der Waals surface area contributed by atoms with Crippen LogP contribution in [-0.4, -0.2) is 141 Å². The predicted octanol–water partition coefficient (Wildman–Crippen LogP) is 5.73. The van der Waals surface area contributed by atoms with E-state index in [0.29, 0.717) is 56.9 Å². The van der Waals surface area contributed by atoms with E-state index in [1.807, 2.05) is 32.2 Å². The van der Waals surface area contributed by atoms with Crippen LogP contribution < -0.4 is 10.7 Å². The quantitative estimate of drug-likeness (QED) is 0.155. The highest BCUT2D eigenvalue weighted by Crippen LogP contribution is 2.42. The Bertz CT molecular complexity index is 2580. The van der Waals surface area contributed by atoms with E-state index in [2.05, 4.69) is 66.9 Å². The Hall–Kier alpha value is -5.69. The van der Waals surface area contributed by atoms with Crippen LogP contribution in [-0.2, 0) is 52.8 Å². The zero-order chi connectivity index (χ0) is 48.7. The molecule has 1 aromatic carbocycles. The molecule has 2 N–H and O–H groups in total. The largest absolute Gasteiger partial charge is 0.464 e. The van der Waals surface area contributed by atoms with Crippen molar-refractivity contribution in [3.63, 3.8) is 0 Å². The monoisotopic (exact) mass is 951 g/mol. The maximum atomic E-state index is 14.7. The molecule has 1 spiro atoms. The number of pyridine rings is 1. The molecule has 8 rings (SSSR count). The number of nitrogens with zero attached hydrogens (tertiary/aromatic N) is 7. The molecule has 4 aromatic rings. The molecule has 18 heteroatoms. The number of methoxy groups -OCH3 is 1. The van der Waals surface area contributed by atoms with E-state index in [1.54, 1.807) is 30.2 Å². The Morgan fingerprint density at radius 1 is 1.13 bits per heavy atom. The van der Waals surface area contributed by atoms with E-state index >= 15 is 0 Å². The van der Waals surface area contributed by atoms with Crippen molar-refractivity contribution in [2.75, 3.05) is 53.6 Å². The topological polar surface area (TPSA) is 181 Å². The molecule has 364 valence electrons. The fourth-order valence-electron chi connectivity index (χ4n) is 10.2. The normalized spacial score (nSPS) is 21.5. The summed E-state index contributed by atoms with van der Waals surface area (Å²) in [5.74, 6) is -2.03. The lowest BCUT2D eigenvalue weighted by molar-refractivity contribution is -0.234. The van der Waals surface area contributed by atoms with Gasteiger partial charge in [0, 0.05) is 79.2 Å². The van der Waals surface area contributed by atoms with Crippen molar-refractivity contribution in [2.45, 2.75) is 110 Å². The van der Waals surface area contributed by atoms with Gasteiger partial charge in [-0.15, -0.1) is 11.3 Å². The minimum absolute atomic E-state index is 0.0563. The summed E-state index contributed by atoms with van der Waals surface area (Å²) in [5.41, 5.74) is 8.21. The van der Waals surface area contributed by atoms with Crippen LogP contribution in [0.4, 0.5) is 4.79 Å². The van der Waals surface area contributed by atoms with Gasteiger partial charge in [-0.25, -0.2) is 15.2 Å². The van der Waals surface area contributed by atoms with Crippen molar-refractivity contribution < 1.29 is 38.2 Å². The number of urea groups is 1. The molecule has 3 aromatic heterocycles. The van der Waals surface area contributed by atoms with Gasteiger partial charge in [-0.2, -0.15) is 0 Å². The highest BCUT2D eigenvalue weighted by molar-refractivity contribution is 7.10. The SMILES string of the molecule is C=CC(=O)N1CC2(C1)OCCCN2C(=O)N(C)[C@H](C(=O)N[C@H]1Cc2nc(cs2)-c2ccc3c(c2)c(c(-c2cccnc2[C@H](C)OC)n3CC)CC(C)(C)COC(=O)[C@@H]2CCCN(N2)C1=O)C(C)C. The standard InChI is InChI=1S/C50H65N9O8S/c1-10-41(60)56-27-50(28-56)58(20-14-22-67-50)48(64)55(8)43(30(3)4)45(61)53-37-24-40-52-38(26-68-40)32-17-18-39-34(23-32)35(44(57(39)11-2)33-15-12-19-51-42(33)31(5)65-9)25-49(6,7)29-66-47(63)36-16-13-21-59(54-36)46(37)62/h10,12,15,17-19,23,26,30-31,36-37,43,54H,1,11,13-14,16,20-22,24-25,27-29H2,2-9H3,(H,53,61)/t31-,36-,37-,43-/m0/s1. The minimum Gasteiger partial charge on any atom is -0.464 e. The molecular formula is C50H65N9O8S. The zero-order valence-electron chi connectivity index (χ0n) is 40.5. The number of fused-ring (bicyclic) bond motifs is 6. The summed E-state index contributed by atoms with van der Waals surface area (Å²) in [6.45, 7) is 17.9. The second-order valence-corrected chi connectivity index (χ2v) is 20.5. The third kappa shape index (κ3) is 9.39. The van der Waals surface area contributed by atoms with E-state index in [-0.39, 0.29) is 44.0 Å². The molecule has 5 amide bonds. The summed E-state index contributed by atoms with van der Waals surface area (Å²) in [6, 6.07) is 7.08. The summed E-state index contributed by atoms with van der Waals surface area (Å²) in [4.78, 5) is 84.6. The summed E-state index contributed by atoms with van der Waals surface area (Å²) in [5, 5.41) is 8.08. The lowest BCUT2D eigenvalue weighted by Gasteiger charge is -2.57. The van der Waals surface area contributed by atoms with Crippen LogP contribution in [0.5, 0.6) is 0 Å². The van der Waals surface area contributed by atoms with Crippen LogP contribution in [0.1, 0.15) is 83.2 Å². The lowest BCUT2D eigenvalue weighted by atomic mass is 9.84. The van der Waals surface area contributed by atoms with E-state index < -0.39 is 53.1 Å². The minimum atomic E-state index is -1.11. The Kier molecular flexibility index (Phi) is 14.1. The van der Waals surface area contributed by atoms with Crippen LogP contribution in [0.25, 0.3) is 33.4 Å². The average Bonchev–Trinajstić information content (AvgIpc) is 3.92. The van der Waals surface area contributed by atoms with Crippen molar-refractivity contribution in [3.8, 4) is 22.5 Å². The first kappa shape index (κ1) is 48.8. The number of likely N-dealkylation sites (tertiary alicyclic amines) is 1. The van der Waals surface area contributed by atoms with Crippen LogP contribution in [0.2, 0.25) is 0 Å². The van der Waals surface area contributed by atoms with Crippen LogP contribution in [0.15, 0.2) is 54.6 Å². The number of thiazole rings is 1. The Balaban J connectivity index is 1.15. The van der Waals surface area contributed by atoms with Crippen LogP contribution >= 0.6 is 11.3 Å². The molecular weight excluding hydrogens is 887 g/mol. The molecule has 0 radical (unpaired) electrons. The van der Waals surface area contributed by atoms with Gasteiger partial charge in [0.15, 0.2) is 5.72 Å². The van der Waals surface area contributed by atoms with E-state index in [1.165, 1.54) is 27.3 Å². The highest BCUT2D eigenvalue weighted by atomic mass is 32.1. The molecule has 0 aliphatic carbocycles. The van der Waals surface area contributed by atoms with Gasteiger partial charge >= 0.3 is 12.0 Å². The molecule has 3 fully saturated rings. The number of aromatic nitrogens is 3. The van der Waals surface area contributed by atoms with Gasteiger partial charge in [0.1, 0.15) is 18.1 Å². The number of carbonyl (C=O) groups excluding carboxylic acids is 5. The first-order valence-electron chi connectivity index (χ1n) is 23.7. The van der Waals surface area contributed by atoms with Crippen molar-refractivity contribution in [1.82, 2.24) is 45.0 Å². The Morgan fingerprint density at radius 2 is 1.91 bits per heavy atom. The maximum Gasteiger partial charge on any atom is 0.324 e. The molecule has 7 heterocycles. The number of carbonyl (C=O) groups is 5. The smallest absolute Gasteiger partial charge is 0.324 e. The molecule has 0 unspecified atom stereocenters. The third-order valence-electron chi connectivity index (χ3n) is 13.8. The number of esters is 1. The summed E-state index contributed by atoms with van der Waals surface area (Å²) >= 11 is 1.40. The molecule has 68 heavy (non-hydrogen) atoms. The molecule has 3 saturated heterocycles. The van der Waals surface area contributed by atoms with Crippen LogP contribution in [0, 0.1) is 11.3 Å². The Morgan fingerprint density at radius 3 is 2.63 bits per heavy atom. The number of nitrogens with one attached hydrogen (secondary N) is 2. The summed E-state index contributed by atoms with van der Waals surface area (Å²) < 4.78 is 20.4. The Labute approximate surface area is 402 Å². The molecule has 4 atom stereocenters. The molecule has 0 saturated carbocycles. The van der Waals surface area contributed by atoms with E-state index in [4.69, 9.17) is 24.2 Å². The van der Waals surface area contributed by atoms with Gasteiger partial charge < -0.3 is 33.9 Å². The fourth-order valence-corrected chi connectivity index (χ4v) is 11.0. The van der Waals surface area contributed by atoms with Gasteiger partial charge in [-0.1, -0.05) is 40.3 Å². The fraction of sp³-hybridized carbons (Fsp3) is 0.540. The number of hydrogen-bond donors (Lipinski definition) is 2. The number of benzene rings is 1. The first-order chi connectivity index (χ1) is 32.5. The van der Waals surface area contributed by atoms with Crippen molar-refractivity contribution >= 4 is 52.0 Å². The van der Waals surface area contributed by atoms with Crippen LogP contribution in [0.3, 0.4) is 0 Å². The summed E-state index contributed by atoms with van der Waals surface area (Å²) in [7, 11) is 3.26. The van der Waals surface area contributed by atoms with Crippen molar-refractivity contribution in [2.24, 2.45) is 11.3 Å².